The molecule has 3 rings (SSSR count). The normalized spacial score (nSPS) is 13.3. The predicted octanol–water partition coefficient (Wildman–Crippen LogP) is 4.63. The molecule has 32 heavy (non-hydrogen) atoms. The average molecular weight is 448 g/mol. The van der Waals surface area contributed by atoms with Gasteiger partial charge in [-0.25, -0.2) is 18.7 Å². The highest BCUT2D eigenvalue weighted by Crippen LogP contribution is 2.25. The molecule has 0 saturated heterocycles. The van der Waals surface area contributed by atoms with Crippen molar-refractivity contribution in [2.24, 2.45) is 5.73 Å². The molecule has 0 bridgehead atoms. The van der Waals surface area contributed by atoms with Gasteiger partial charge in [0.2, 0.25) is 5.65 Å². The first kappa shape index (κ1) is 23.7. The van der Waals surface area contributed by atoms with Crippen molar-refractivity contribution in [3.63, 3.8) is 0 Å². The number of alkyl halides is 1. The van der Waals surface area contributed by atoms with Gasteiger partial charge < -0.3 is 10.5 Å². The van der Waals surface area contributed by atoms with E-state index in [1.54, 1.807) is 31.4 Å². The topological polar surface area (TPSA) is 82.5 Å². The molecule has 1 unspecified atom stereocenters. The molecule has 2 heterocycles. The smallest absolute Gasteiger partial charge is 0.258 e. The largest absolute Gasteiger partial charge is 0.470 e. The average Bonchev–Trinajstić information content (AvgIpc) is 3.06. The van der Waals surface area contributed by atoms with Gasteiger partial charge in [-0.05, 0) is 52.2 Å². The van der Waals surface area contributed by atoms with Crippen molar-refractivity contribution in [2.75, 3.05) is 6.67 Å². The van der Waals surface area contributed by atoms with E-state index in [1.165, 1.54) is 6.07 Å². The fourth-order valence-corrected chi connectivity index (χ4v) is 3.61. The predicted molar refractivity (Wildman–Crippen MR) is 115 cm³/mol. The van der Waals surface area contributed by atoms with Crippen molar-refractivity contribution >= 4 is 11.4 Å². The molecule has 9 heteroatoms. The van der Waals surface area contributed by atoms with Crippen LogP contribution in [0.1, 0.15) is 60.0 Å². The number of hydrogen-bond donors (Lipinski definition) is 1. The maximum absolute atomic E-state index is 13.9. The van der Waals surface area contributed by atoms with E-state index in [9.17, 15) is 18.0 Å². The fourth-order valence-electron chi connectivity index (χ4n) is 3.61. The van der Waals surface area contributed by atoms with Crippen LogP contribution in [-0.4, -0.2) is 32.4 Å². The van der Waals surface area contributed by atoms with Crippen LogP contribution < -0.4 is 10.5 Å². The second-order valence-electron chi connectivity index (χ2n) is 8.29. The number of fused-ring (bicyclic) bond motifs is 1. The van der Waals surface area contributed by atoms with Crippen molar-refractivity contribution in [3.05, 3.63) is 58.7 Å². The van der Waals surface area contributed by atoms with Gasteiger partial charge in [-0.2, -0.15) is 0 Å². The summed E-state index contributed by atoms with van der Waals surface area (Å²) in [5.74, 6) is -1.53. The van der Waals surface area contributed by atoms with E-state index < -0.39 is 23.8 Å². The van der Waals surface area contributed by atoms with E-state index in [0.29, 0.717) is 36.3 Å². The number of nitrogens with two attached hydrogens (primary N) is 1. The van der Waals surface area contributed by atoms with Crippen molar-refractivity contribution in [3.8, 4) is 5.88 Å². The highest BCUT2D eigenvalue weighted by Gasteiger charge is 2.24. The van der Waals surface area contributed by atoms with E-state index >= 15 is 0 Å². The molecule has 1 aromatic carbocycles. The third kappa shape index (κ3) is 5.27. The molecule has 2 aromatic heterocycles. The van der Waals surface area contributed by atoms with Crippen LogP contribution in [0.25, 0.3) is 5.65 Å². The summed E-state index contributed by atoms with van der Waals surface area (Å²) in [5.41, 5.74) is 6.99. The van der Waals surface area contributed by atoms with E-state index in [1.807, 2.05) is 0 Å². The van der Waals surface area contributed by atoms with Crippen LogP contribution in [0.2, 0.25) is 0 Å². The maximum atomic E-state index is 13.9. The lowest BCUT2D eigenvalue weighted by atomic mass is 9.90. The molecular formula is C23H27F3N4O2. The number of Topliss-reactive ketones (excluding diaryl/α,β-unsaturated/α-hetero) is 1. The van der Waals surface area contributed by atoms with Crippen molar-refractivity contribution in [1.82, 2.24) is 14.4 Å². The zero-order valence-corrected chi connectivity index (χ0v) is 18.4. The lowest BCUT2D eigenvalue weighted by Crippen LogP contribution is -2.36. The minimum Gasteiger partial charge on any atom is -0.470 e. The van der Waals surface area contributed by atoms with Gasteiger partial charge in [0.15, 0.2) is 5.78 Å². The number of nitrogens with zero attached hydrogens (tertiary/aromatic N) is 3. The Kier molecular flexibility index (Phi) is 7.18. The van der Waals surface area contributed by atoms with Crippen LogP contribution >= 0.6 is 0 Å². The molecule has 0 aliphatic carbocycles. The van der Waals surface area contributed by atoms with Gasteiger partial charge in [0.25, 0.3) is 5.88 Å². The summed E-state index contributed by atoms with van der Waals surface area (Å²) in [6.07, 6.45) is 3.06. The standard InChI is InChI=1S/C23H27F3N4O2/c1-14-12-30-20(19(31)8-10-23(3,27)9-5-11-24)15(2)29-21(30)22(28-14)32-13-16-17(25)6-4-7-18(16)26/h4,6-7,12H,5,8-11,13,27H2,1-3H3. The molecule has 6 nitrogen and oxygen atoms in total. The zero-order valence-electron chi connectivity index (χ0n) is 18.4. The first-order valence-corrected chi connectivity index (χ1v) is 10.4. The molecule has 2 N–H and O–H groups in total. The summed E-state index contributed by atoms with van der Waals surface area (Å²) in [6, 6.07) is 3.57. The van der Waals surface area contributed by atoms with E-state index in [4.69, 9.17) is 10.5 Å². The zero-order chi connectivity index (χ0) is 23.5. The van der Waals surface area contributed by atoms with Crippen molar-refractivity contribution in [2.45, 2.75) is 58.6 Å². The van der Waals surface area contributed by atoms with Crippen LogP contribution in [0.15, 0.2) is 24.4 Å². The van der Waals surface area contributed by atoms with Gasteiger partial charge >= 0.3 is 0 Å². The first-order valence-electron chi connectivity index (χ1n) is 10.4. The highest BCUT2D eigenvalue weighted by molar-refractivity contribution is 5.96. The first-order chi connectivity index (χ1) is 15.1. The Bertz CT molecular complexity index is 1110. The van der Waals surface area contributed by atoms with E-state index in [0.717, 1.165) is 12.1 Å². The lowest BCUT2D eigenvalue weighted by Gasteiger charge is -2.23. The molecule has 0 spiro atoms. The Hall–Kier alpha value is -2.94. The number of hydrogen-bond acceptors (Lipinski definition) is 5. The summed E-state index contributed by atoms with van der Waals surface area (Å²) in [6.45, 7) is 4.39. The summed E-state index contributed by atoms with van der Waals surface area (Å²) < 4.78 is 47.6. The molecule has 3 aromatic rings. The molecule has 0 amide bonds. The van der Waals surface area contributed by atoms with E-state index in [2.05, 4.69) is 9.97 Å². The molecule has 1 atom stereocenters. The number of aryl methyl sites for hydroxylation is 2. The molecular weight excluding hydrogens is 421 g/mol. The summed E-state index contributed by atoms with van der Waals surface area (Å²) in [4.78, 5) is 21.7. The third-order valence-corrected chi connectivity index (χ3v) is 5.35. The number of imidazole rings is 1. The third-order valence-electron chi connectivity index (χ3n) is 5.35. The van der Waals surface area contributed by atoms with Gasteiger partial charge in [-0.15, -0.1) is 0 Å². The van der Waals surface area contributed by atoms with Crippen molar-refractivity contribution in [1.29, 1.82) is 0 Å². The van der Waals surface area contributed by atoms with Gasteiger partial charge in [-0.3, -0.25) is 13.6 Å². The molecule has 0 aliphatic rings. The Balaban J connectivity index is 1.86. The summed E-state index contributed by atoms with van der Waals surface area (Å²) in [5, 5.41) is 0. The van der Waals surface area contributed by atoms with E-state index in [-0.39, 0.29) is 35.9 Å². The Morgan fingerprint density at radius 2 is 1.88 bits per heavy atom. The Morgan fingerprint density at radius 1 is 1.19 bits per heavy atom. The van der Waals surface area contributed by atoms with Gasteiger partial charge in [0, 0.05) is 18.2 Å². The van der Waals surface area contributed by atoms with Gasteiger partial charge in [-0.1, -0.05) is 6.07 Å². The number of halogens is 3. The minimum absolute atomic E-state index is 0.0708. The van der Waals surface area contributed by atoms with Crippen LogP contribution in [0.5, 0.6) is 5.88 Å². The van der Waals surface area contributed by atoms with Crippen LogP contribution in [-0.2, 0) is 6.61 Å². The molecule has 0 radical (unpaired) electrons. The number of carbonyl (C=O) groups excluding carboxylic acids is 1. The van der Waals surface area contributed by atoms with Gasteiger partial charge in [0.1, 0.15) is 23.9 Å². The molecule has 172 valence electrons. The SMILES string of the molecule is Cc1cn2c(C(=O)CCC(C)(N)CCCF)c(C)nc2c(OCc2c(F)cccc2F)n1. The second kappa shape index (κ2) is 9.68. The fraction of sp³-hybridized carbons (Fsp3) is 0.435. The Morgan fingerprint density at radius 3 is 2.53 bits per heavy atom. The molecule has 0 aliphatic heterocycles. The number of rotatable bonds is 10. The highest BCUT2D eigenvalue weighted by atomic mass is 19.1. The second-order valence-corrected chi connectivity index (χ2v) is 8.29. The Labute approximate surface area is 184 Å². The number of aromatic nitrogens is 3. The van der Waals surface area contributed by atoms with Gasteiger partial charge in [0.05, 0.1) is 23.6 Å². The molecule has 0 fully saturated rings. The number of benzene rings is 1. The van der Waals surface area contributed by atoms with Crippen LogP contribution in [0.4, 0.5) is 13.2 Å². The lowest BCUT2D eigenvalue weighted by molar-refractivity contribution is 0.0963. The van der Waals surface area contributed by atoms with Crippen LogP contribution in [0, 0.1) is 25.5 Å². The molecule has 0 saturated carbocycles. The summed E-state index contributed by atoms with van der Waals surface area (Å²) in [7, 11) is 0. The maximum Gasteiger partial charge on any atom is 0.258 e. The number of ether oxygens (including phenoxy) is 1. The monoisotopic (exact) mass is 448 g/mol. The minimum atomic E-state index is -0.721. The van der Waals surface area contributed by atoms with Crippen LogP contribution in [0.3, 0.4) is 0 Å². The summed E-state index contributed by atoms with van der Waals surface area (Å²) >= 11 is 0. The van der Waals surface area contributed by atoms with Crippen molar-refractivity contribution < 1.29 is 22.7 Å². The number of ketones is 1. The quantitative estimate of drug-likeness (QED) is 0.457. The number of carbonyl (C=O) groups is 1.